The number of aryl methyl sites for hydroxylation is 1. The number of nitrogens with one attached hydrogen (secondary N) is 1. The molecule has 1 heterocycles. The van der Waals surface area contributed by atoms with Gasteiger partial charge in [-0.25, -0.2) is 14.2 Å². The number of rotatable bonds is 1. The summed E-state index contributed by atoms with van der Waals surface area (Å²) >= 11 is 0. The van der Waals surface area contributed by atoms with Crippen LogP contribution in [0.5, 0.6) is 0 Å². The maximum atomic E-state index is 12.4. The lowest BCUT2D eigenvalue weighted by molar-refractivity contribution is 0.253. The minimum Gasteiger partial charge on any atom is -0.399 e. The Hall–Kier alpha value is -3.02. The van der Waals surface area contributed by atoms with Crippen molar-refractivity contribution in [2.75, 3.05) is 11.1 Å². The molecule has 3 N–H and O–H groups in total. The Bertz CT molecular complexity index is 878. The molecule has 1 amide bonds. The predicted molar refractivity (Wildman–Crippen MR) is 82.5 cm³/mol. The molecule has 106 valence electrons. The molecule has 0 unspecified atom stereocenters. The van der Waals surface area contributed by atoms with Gasteiger partial charge in [0.1, 0.15) is 0 Å². The first kappa shape index (κ1) is 13.0. The number of aromatic nitrogens is 2. The Balaban J connectivity index is 2.12. The molecule has 0 radical (unpaired) electrons. The summed E-state index contributed by atoms with van der Waals surface area (Å²) in [5.74, 6) is 0. The van der Waals surface area contributed by atoms with Gasteiger partial charge in [0.15, 0.2) is 0 Å². The summed E-state index contributed by atoms with van der Waals surface area (Å²) in [6.45, 7) is 0. The van der Waals surface area contributed by atoms with Crippen molar-refractivity contribution in [2.45, 2.75) is 0 Å². The van der Waals surface area contributed by atoms with E-state index < -0.39 is 11.7 Å². The second-order valence-corrected chi connectivity index (χ2v) is 4.72. The van der Waals surface area contributed by atoms with Crippen molar-refractivity contribution in [1.29, 1.82) is 0 Å². The standard InChI is InChI=1S/C15H14N4O2/c1-18-12-8-7-10(16)9-13(12)19(15(18)21)14(20)17-11-5-3-2-4-6-11/h2-9H,16H2,1H3,(H,17,20). The lowest BCUT2D eigenvalue weighted by Crippen LogP contribution is -2.31. The molecule has 21 heavy (non-hydrogen) atoms. The maximum Gasteiger partial charge on any atom is 0.337 e. The molecule has 2 aromatic carbocycles. The lowest BCUT2D eigenvalue weighted by Gasteiger charge is -2.05. The summed E-state index contributed by atoms with van der Waals surface area (Å²) in [5.41, 5.74) is 7.58. The molecule has 6 nitrogen and oxygen atoms in total. The van der Waals surface area contributed by atoms with Crippen molar-refractivity contribution in [3.05, 3.63) is 59.0 Å². The van der Waals surface area contributed by atoms with Gasteiger partial charge in [-0.2, -0.15) is 0 Å². The predicted octanol–water partition coefficient (Wildman–Crippen LogP) is 2.00. The Morgan fingerprint density at radius 1 is 1.10 bits per heavy atom. The van der Waals surface area contributed by atoms with Gasteiger partial charge in [0, 0.05) is 18.4 Å². The number of nitrogens with zero attached hydrogens (tertiary/aromatic N) is 2. The number of para-hydroxylation sites is 1. The third kappa shape index (κ3) is 2.16. The molecule has 0 fully saturated rings. The fourth-order valence-corrected chi connectivity index (χ4v) is 2.26. The molecule has 0 spiro atoms. The van der Waals surface area contributed by atoms with Crippen LogP contribution in [0.2, 0.25) is 0 Å². The van der Waals surface area contributed by atoms with Gasteiger partial charge in [-0.05, 0) is 30.3 Å². The van der Waals surface area contributed by atoms with E-state index in [-0.39, 0.29) is 0 Å². The van der Waals surface area contributed by atoms with E-state index >= 15 is 0 Å². The van der Waals surface area contributed by atoms with Crippen LogP contribution < -0.4 is 16.7 Å². The molecule has 0 saturated carbocycles. The number of benzene rings is 2. The fraction of sp³-hybridized carbons (Fsp3) is 0.0667. The Morgan fingerprint density at radius 2 is 1.81 bits per heavy atom. The highest BCUT2D eigenvalue weighted by molar-refractivity contribution is 5.97. The number of imidazole rings is 1. The van der Waals surface area contributed by atoms with Crippen molar-refractivity contribution < 1.29 is 4.79 Å². The molecule has 0 saturated heterocycles. The molecule has 1 aromatic heterocycles. The molecule has 0 aliphatic rings. The van der Waals surface area contributed by atoms with Crippen LogP contribution in [-0.4, -0.2) is 15.2 Å². The average Bonchev–Trinajstić information content (AvgIpc) is 2.71. The number of nitrogens with two attached hydrogens (primary N) is 1. The Labute approximate surface area is 120 Å². The quantitative estimate of drug-likeness (QED) is 0.670. The number of hydrogen-bond acceptors (Lipinski definition) is 3. The van der Waals surface area contributed by atoms with Crippen LogP contribution in [0, 0.1) is 0 Å². The minimum absolute atomic E-state index is 0.413. The van der Waals surface area contributed by atoms with Crippen LogP contribution in [0.4, 0.5) is 16.2 Å². The topological polar surface area (TPSA) is 82.0 Å². The van der Waals surface area contributed by atoms with Crippen molar-refractivity contribution in [3.63, 3.8) is 0 Å². The normalized spacial score (nSPS) is 10.7. The van der Waals surface area contributed by atoms with E-state index in [9.17, 15) is 9.59 Å². The zero-order chi connectivity index (χ0) is 15.0. The van der Waals surface area contributed by atoms with Gasteiger partial charge in [-0.1, -0.05) is 18.2 Å². The molecule has 3 rings (SSSR count). The second kappa shape index (κ2) is 4.82. The number of anilines is 2. The SMILES string of the molecule is Cn1c(=O)n(C(=O)Nc2ccccc2)c2cc(N)ccc21. The summed E-state index contributed by atoms with van der Waals surface area (Å²) in [7, 11) is 1.62. The number of carbonyl (C=O) groups excluding carboxylic acids is 1. The first-order valence-electron chi connectivity index (χ1n) is 6.41. The first-order chi connectivity index (χ1) is 10.1. The highest BCUT2D eigenvalue weighted by Crippen LogP contribution is 2.16. The van der Waals surface area contributed by atoms with Crippen molar-refractivity contribution in [2.24, 2.45) is 7.05 Å². The molecule has 0 aliphatic carbocycles. The number of nitrogen functional groups attached to an aromatic ring is 1. The van der Waals surface area contributed by atoms with Crippen LogP contribution in [0.3, 0.4) is 0 Å². The van der Waals surface area contributed by atoms with E-state index in [2.05, 4.69) is 5.32 Å². The zero-order valence-corrected chi connectivity index (χ0v) is 11.4. The van der Waals surface area contributed by atoms with Gasteiger partial charge in [0.2, 0.25) is 0 Å². The monoisotopic (exact) mass is 282 g/mol. The number of carbonyl (C=O) groups is 1. The number of fused-ring (bicyclic) bond motifs is 1. The fourth-order valence-electron chi connectivity index (χ4n) is 2.26. The molecule has 0 bridgehead atoms. The smallest absolute Gasteiger partial charge is 0.337 e. The molecular weight excluding hydrogens is 268 g/mol. The number of hydrogen-bond donors (Lipinski definition) is 2. The van der Waals surface area contributed by atoms with Gasteiger partial charge < -0.3 is 11.1 Å². The van der Waals surface area contributed by atoms with Gasteiger partial charge >= 0.3 is 11.7 Å². The molecule has 0 atom stereocenters. The average molecular weight is 282 g/mol. The molecule has 3 aromatic rings. The number of amides is 1. The van der Waals surface area contributed by atoms with E-state index in [4.69, 9.17) is 5.73 Å². The van der Waals surface area contributed by atoms with Crippen LogP contribution in [0.25, 0.3) is 11.0 Å². The summed E-state index contributed by atoms with van der Waals surface area (Å²) in [6.07, 6.45) is 0. The van der Waals surface area contributed by atoms with Crippen LogP contribution >= 0.6 is 0 Å². The van der Waals surface area contributed by atoms with E-state index in [0.717, 1.165) is 4.57 Å². The van der Waals surface area contributed by atoms with Crippen molar-refractivity contribution >= 4 is 28.4 Å². The van der Waals surface area contributed by atoms with Crippen molar-refractivity contribution in [1.82, 2.24) is 9.13 Å². The Morgan fingerprint density at radius 3 is 2.52 bits per heavy atom. The zero-order valence-electron chi connectivity index (χ0n) is 11.4. The lowest BCUT2D eigenvalue weighted by atomic mass is 10.3. The van der Waals surface area contributed by atoms with Crippen molar-refractivity contribution in [3.8, 4) is 0 Å². The highest BCUT2D eigenvalue weighted by Gasteiger charge is 2.16. The van der Waals surface area contributed by atoms with Crippen LogP contribution in [0.15, 0.2) is 53.3 Å². The first-order valence-corrected chi connectivity index (χ1v) is 6.41. The van der Waals surface area contributed by atoms with Gasteiger partial charge in [-0.15, -0.1) is 0 Å². The van der Waals surface area contributed by atoms with E-state index in [1.807, 2.05) is 6.07 Å². The maximum absolute atomic E-state index is 12.4. The third-order valence-electron chi connectivity index (χ3n) is 3.31. The van der Waals surface area contributed by atoms with E-state index in [0.29, 0.717) is 22.4 Å². The minimum atomic E-state index is -0.512. The third-order valence-corrected chi connectivity index (χ3v) is 3.31. The van der Waals surface area contributed by atoms with E-state index in [1.54, 1.807) is 49.5 Å². The summed E-state index contributed by atoms with van der Waals surface area (Å²) in [5, 5.41) is 2.69. The molecular formula is C15H14N4O2. The van der Waals surface area contributed by atoms with Crippen LogP contribution in [-0.2, 0) is 7.05 Å². The largest absolute Gasteiger partial charge is 0.399 e. The summed E-state index contributed by atoms with van der Waals surface area (Å²) in [6, 6.07) is 13.5. The van der Waals surface area contributed by atoms with Gasteiger partial charge in [0.25, 0.3) is 0 Å². The summed E-state index contributed by atoms with van der Waals surface area (Å²) in [4.78, 5) is 24.6. The molecule has 6 heteroatoms. The van der Waals surface area contributed by atoms with Crippen LogP contribution in [0.1, 0.15) is 0 Å². The highest BCUT2D eigenvalue weighted by atomic mass is 16.2. The van der Waals surface area contributed by atoms with Gasteiger partial charge in [-0.3, -0.25) is 4.57 Å². The second-order valence-electron chi connectivity index (χ2n) is 4.72. The summed E-state index contributed by atoms with van der Waals surface area (Å²) < 4.78 is 2.50. The Kier molecular flexibility index (Phi) is 2.98. The van der Waals surface area contributed by atoms with Gasteiger partial charge in [0.05, 0.1) is 11.0 Å². The van der Waals surface area contributed by atoms with E-state index in [1.165, 1.54) is 4.57 Å². The molecule has 0 aliphatic heterocycles.